The predicted molar refractivity (Wildman–Crippen MR) is 107 cm³/mol. The summed E-state index contributed by atoms with van der Waals surface area (Å²) in [4.78, 5) is 14.7. The van der Waals surface area contributed by atoms with Gasteiger partial charge in [-0.2, -0.15) is 0 Å². The smallest absolute Gasteiger partial charge is 0.233 e. The van der Waals surface area contributed by atoms with Crippen LogP contribution in [0, 0.1) is 0 Å². The molecule has 0 saturated heterocycles. The number of nitrogens with two attached hydrogens (primary N) is 1. The summed E-state index contributed by atoms with van der Waals surface area (Å²) in [7, 11) is 1.61. The van der Waals surface area contributed by atoms with Crippen LogP contribution in [-0.2, 0) is 4.79 Å². The first-order valence-corrected chi connectivity index (χ1v) is 10.4. The number of rotatable bonds is 7. The molecule has 1 aromatic carbocycles. The number of ether oxygens (including phenoxy) is 1. The van der Waals surface area contributed by atoms with Gasteiger partial charge in [0, 0.05) is 12.6 Å². The molecule has 1 fully saturated rings. The van der Waals surface area contributed by atoms with E-state index in [0.717, 1.165) is 24.9 Å². The highest BCUT2D eigenvalue weighted by molar-refractivity contribution is 7.99. The molecule has 1 saturated carbocycles. The summed E-state index contributed by atoms with van der Waals surface area (Å²) in [6.07, 6.45) is 5.91. The molecule has 1 aromatic heterocycles. The summed E-state index contributed by atoms with van der Waals surface area (Å²) >= 11 is 1.32. The number of amides is 1. The topological polar surface area (TPSA) is 86.3 Å². The normalized spacial score (nSPS) is 14.9. The summed E-state index contributed by atoms with van der Waals surface area (Å²) in [6.45, 7) is 2.79. The highest BCUT2D eigenvalue weighted by Crippen LogP contribution is 2.29. The van der Waals surface area contributed by atoms with E-state index in [0.29, 0.717) is 28.5 Å². The third kappa shape index (κ3) is 4.37. The highest BCUT2D eigenvalue weighted by atomic mass is 32.2. The fourth-order valence-corrected chi connectivity index (χ4v) is 4.37. The van der Waals surface area contributed by atoms with Crippen molar-refractivity contribution in [3.05, 3.63) is 24.3 Å². The first kappa shape index (κ1) is 19.5. The lowest BCUT2D eigenvalue weighted by Crippen LogP contribution is -2.42. The maximum absolute atomic E-state index is 12.7. The highest BCUT2D eigenvalue weighted by Gasteiger charge is 2.25. The third-order valence-corrected chi connectivity index (χ3v) is 5.94. The molecular formula is C19H27N5O2S. The summed E-state index contributed by atoms with van der Waals surface area (Å²) in [5.74, 6) is 7.83. The van der Waals surface area contributed by atoms with Crippen molar-refractivity contribution in [2.45, 2.75) is 50.2 Å². The molecule has 0 spiro atoms. The largest absolute Gasteiger partial charge is 0.496 e. The quantitative estimate of drug-likeness (QED) is 0.579. The Kier molecular flexibility index (Phi) is 6.60. The van der Waals surface area contributed by atoms with Crippen LogP contribution in [0.2, 0.25) is 0 Å². The zero-order chi connectivity index (χ0) is 19.2. The van der Waals surface area contributed by atoms with Crippen molar-refractivity contribution in [1.82, 2.24) is 19.8 Å². The van der Waals surface area contributed by atoms with Crippen LogP contribution in [0.25, 0.3) is 11.4 Å². The van der Waals surface area contributed by atoms with Gasteiger partial charge in [0.05, 0.1) is 18.4 Å². The van der Waals surface area contributed by atoms with E-state index in [-0.39, 0.29) is 5.91 Å². The molecule has 0 radical (unpaired) electrons. The van der Waals surface area contributed by atoms with Crippen molar-refractivity contribution >= 4 is 17.7 Å². The summed E-state index contributed by atoms with van der Waals surface area (Å²) < 4.78 is 6.79. The Labute approximate surface area is 164 Å². The van der Waals surface area contributed by atoms with E-state index in [2.05, 4.69) is 10.2 Å². The molecule has 1 aliphatic carbocycles. The maximum Gasteiger partial charge on any atom is 0.233 e. The van der Waals surface area contributed by atoms with Gasteiger partial charge in [0.25, 0.3) is 0 Å². The van der Waals surface area contributed by atoms with Crippen molar-refractivity contribution in [3.8, 4) is 17.1 Å². The number of carbonyl (C=O) groups excluding carboxylic acids is 1. The van der Waals surface area contributed by atoms with Crippen LogP contribution in [0.4, 0.5) is 0 Å². The molecule has 1 amide bonds. The number of methoxy groups -OCH3 is 1. The lowest BCUT2D eigenvalue weighted by Gasteiger charge is -2.33. The molecule has 27 heavy (non-hydrogen) atoms. The Bertz CT molecular complexity index is 773. The molecular weight excluding hydrogens is 362 g/mol. The molecule has 3 rings (SSSR count). The molecule has 1 aliphatic rings. The number of hydrogen-bond acceptors (Lipinski definition) is 6. The van der Waals surface area contributed by atoms with Crippen molar-refractivity contribution in [2.75, 3.05) is 25.3 Å². The number of nitrogen functional groups attached to an aromatic ring is 1. The second-order valence-corrected chi connectivity index (χ2v) is 7.58. The molecule has 2 aromatic rings. The molecule has 8 heteroatoms. The molecule has 0 bridgehead atoms. The summed E-state index contributed by atoms with van der Waals surface area (Å²) in [5, 5.41) is 8.87. The van der Waals surface area contributed by atoms with E-state index in [1.165, 1.54) is 35.7 Å². The van der Waals surface area contributed by atoms with Gasteiger partial charge in [-0.15, -0.1) is 10.2 Å². The van der Waals surface area contributed by atoms with Gasteiger partial charge in [0.2, 0.25) is 11.1 Å². The lowest BCUT2D eigenvalue weighted by atomic mass is 9.94. The molecule has 7 nitrogen and oxygen atoms in total. The van der Waals surface area contributed by atoms with Crippen LogP contribution in [0.5, 0.6) is 5.75 Å². The number of benzene rings is 1. The minimum atomic E-state index is 0.135. The fraction of sp³-hybridized carbons (Fsp3) is 0.526. The van der Waals surface area contributed by atoms with E-state index in [4.69, 9.17) is 10.6 Å². The van der Waals surface area contributed by atoms with Crippen LogP contribution in [0.3, 0.4) is 0 Å². The number of thioether (sulfide) groups is 1. The summed E-state index contributed by atoms with van der Waals surface area (Å²) in [5.41, 5.74) is 0.769. The van der Waals surface area contributed by atoms with Gasteiger partial charge in [0.1, 0.15) is 5.75 Å². The first-order valence-electron chi connectivity index (χ1n) is 9.41. The van der Waals surface area contributed by atoms with Gasteiger partial charge >= 0.3 is 0 Å². The monoisotopic (exact) mass is 389 g/mol. The van der Waals surface area contributed by atoms with Gasteiger partial charge in [-0.05, 0) is 31.9 Å². The zero-order valence-electron chi connectivity index (χ0n) is 15.9. The molecule has 2 N–H and O–H groups in total. The third-order valence-electron chi connectivity index (χ3n) is 5.01. The van der Waals surface area contributed by atoms with Crippen molar-refractivity contribution in [1.29, 1.82) is 0 Å². The van der Waals surface area contributed by atoms with Gasteiger partial charge in [-0.25, -0.2) is 4.68 Å². The van der Waals surface area contributed by atoms with E-state index in [1.54, 1.807) is 7.11 Å². The van der Waals surface area contributed by atoms with Gasteiger partial charge in [-0.3, -0.25) is 4.79 Å². The predicted octanol–water partition coefficient (Wildman–Crippen LogP) is 2.94. The Balaban J connectivity index is 1.68. The van der Waals surface area contributed by atoms with Gasteiger partial charge < -0.3 is 15.5 Å². The van der Waals surface area contributed by atoms with Crippen LogP contribution in [0.1, 0.15) is 39.0 Å². The zero-order valence-corrected chi connectivity index (χ0v) is 16.7. The Morgan fingerprint density at radius 2 is 2.04 bits per heavy atom. The average Bonchev–Trinajstić information content (AvgIpc) is 3.08. The number of para-hydroxylation sites is 1. The average molecular weight is 390 g/mol. The number of aromatic nitrogens is 3. The Morgan fingerprint density at radius 3 is 2.74 bits per heavy atom. The molecule has 0 unspecified atom stereocenters. The van der Waals surface area contributed by atoms with E-state index in [1.807, 2.05) is 36.1 Å². The summed E-state index contributed by atoms with van der Waals surface area (Å²) in [6, 6.07) is 7.89. The van der Waals surface area contributed by atoms with Crippen LogP contribution in [0.15, 0.2) is 29.4 Å². The van der Waals surface area contributed by atoms with E-state index >= 15 is 0 Å². The minimum Gasteiger partial charge on any atom is -0.496 e. The van der Waals surface area contributed by atoms with Crippen LogP contribution < -0.4 is 10.6 Å². The number of carbonyl (C=O) groups is 1. The molecule has 146 valence electrons. The van der Waals surface area contributed by atoms with Crippen LogP contribution >= 0.6 is 11.8 Å². The van der Waals surface area contributed by atoms with Crippen molar-refractivity contribution in [3.63, 3.8) is 0 Å². The molecule has 0 aliphatic heterocycles. The van der Waals surface area contributed by atoms with Crippen molar-refractivity contribution in [2.24, 2.45) is 0 Å². The molecule has 0 atom stereocenters. The van der Waals surface area contributed by atoms with E-state index in [9.17, 15) is 4.79 Å². The van der Waals surface area contributed by atoms with Crippen molar-refractivity contribution < 1.29 is 9.53 Å². The maximum atomic E-state index is 12.7. The molecule has 1 heterocycles. The second-order valence-electron chi connectivity index (χ2n) is 6.64. The SMILES string of the molecule is CCN(C(=O)CSc1nnc(-c2ccccc2OC)n1N)C1CCCCC1. The number of hydrogen-bond donors (Lipinski definition) is 1. The standard InChI is InChI=1S/C19H27N5O2S/c1-3-23(14-9-5-4-6-10-14)17(25)13-27-19-22-21-18(24(19)20)15-11-7-8-12-16(15)26-2/h7-8,11-12,14H,3-6,9-10,13,20H2,1-2H3. The number of nitrogens with zero attached hydrogens (tertiary/aromatic N) is 4. The van der Waals surface area contributed by atoms with Gasteiger partial charge in [0.15, 0.2) is 5.82 Å². The Morgan fingerprint density at radius 1 is 1.30 bits per heavy atom. The lowest BCUT2D eigenvalue weighted by molar-refractivity contribution is -0.131. The fourth-order valence-electron chi connectivity index (χ4n) is 3.63. The van der Waals surface area contributed by atoms with E-state index < -0.39 is 0 Å². The Hall–Kier alpha value is -2.22. The minimum absolute atomic E-state index is 0.135. The van der Waals surface area contributed by atoms with Gasteiger partial charge in [-0.1, -0.05) is 43.2 Å². The second kappa shape index (κ2) is 9.12. The first-order chi connectivity index (χ1) is 13.2. The van der Waals surface area contributed by atoms with Crippen LogP contribution in [-0.4, -0.2) is 51.1 Å².